The zero-order chi connectivity index (χ0) is 10.7. The molecule has 0 aliphatic heterocycles. The Bertz CT molecular complexity index is 379. The van der Waals surface area contributed by atoms with E-state index in [0.717, 1.165) is 0 Å². The van der Waals surface area contributed by atoms with Crippen LogP contribution in [-0.2, 0) is 0 Å². The van der Waals surface area contributed by atoms with Crippen molar-refractivity contribution in [2.24, 2.45) is 10.7 Å². The van der Waals surface area contributed by atoms with Crippen LogP contribution in [0.1, 0.15) is 0 Å². The minimum Gasteiger partial charge on any atom is -0.381 e. The third kappa shape index (κ3) is 2.39. The predicted molar refractivity (Wildman–Crippen MR) is 60.7 cm³/mol. The largest absolute Gasteiger partial charge is 0.381 e. The van der Waals surface area contributed by atoms with Gasteiger partial charge in [-0.25, -0.2) is 15.0 Å². The minimum absolute atomic E-state index is 0.0619. The number of aromatic nitrogens is 2. The van der Waals surface area contributed by atoms with E-state index in [1.165, 1.54) is 11.8 Å². The summed E-state index contributed by atoms with van der Waals surface area (Å²) < 4.78 is 0. The Morgan fingerprint density at radius 3 is 2.57 bits per heavy atom. The maximum atomic E-state index is 5.64. The Hall–Kier alpha value is -1.21. The van der Waals surface area contributed by atoms with Gasteiger partial charge in [-0.1, -0.05) is 23.4 Å². The van der Waals surface area contributed by atoms with E-state index in [-0.39, 0.29) is 22.6 Å². The van der Waals surface area contributed by atoms with Gasteiger partial charge in [-0.15, -0.1) is 0 Å². The molecule has 6 N–H and O–H groups in total. The molecule has 0 aliphatic carbocycles. The summed E-state index contributed by atoms with van der Waals surface area (Å²) in [5.74, 6) is 0.353. The van der Waals surface area contributed by atoms with Gasteiger partial charge in [-0.3, -0.25) is 0 Å². The molecule has 0 unspecified atom stereocenters. The van der Waals surface area contributed by atoms with Crippen LogP contribution in [0.2, 0.25) is 5.15 Å². The predicted octanol–water partition coefficient (Wildman–Crippen LogP) is 0.604. The molecule has 0 saturated carbocycles. The second kappa shape index (κ2) is 4.34. The molecular weight excluding hydrogens is 224 g/mol. The first-order valence-corrected chi connectivity index (χ1v) is 5.11. The second-order valence-electron chi connectivity index (χ2n) is 2.26. The molecule has 8 heteroatoms. The number of thioether (sulfide) groups is 1. The van der Waals surface area contributed by atoms with Crippen LogP contribution in [0.3, 0.4) is 0 Å². The number of hydrogen-bond acceptors (Lipinski definition) is 6. The van der Waals surface area contributed by atoms with Crippen molar-refractivity contribution < 1.29 is 0 Å². The molecule has 1 aromatic heterocycles. The minimum atomic E-state index is 0.0619. The van der Waals surface area contributed by atoms with Gasteiger partial charge in [0.1, 0.15) is 0 Å². The summed E-state index contributed by atoms with van der Waals surface area (Å²) in [6, 6.07) is 0. The first-order chi connectivity index (χ1) is 6.54. The van der Waals surface area contributed by atoms with Crippen LogP contribution >= 0.6 is 23.4 Å². The number of nitrogens with two attached hydrogens (primary N) is 3. The number of nitrogens with zero attached hydrogens (tertiary/aromatic N) is 3. The summed E-state index contributed by atoms with van der Waals surface area (Å²) in [6.07, 6.45) is 1.78. The summed E-state index contributed by atoms with van der Waals surface area (Å²) in [4.78, 5) is 11.5. The summed E-state index contributed by atoms with van der Waals surface area (Å²) in [5.41, 5.74) is 16.4. The highest BCUT2D eigenvalue weighted by Crippen LogP contribution is 2.23. The molecule has 0 aliphatic rings. The van der Waals surface area contributed by atoms with Crippen molar-refractivity contribution in [3.8, 4) is 0 Å². The molecule has 0 fully saturated rings. The van der Waals surface area contributed by atoms with Gasteiger partial charge in [-0.2, -0.15) is 0 Å². The van der Waals surface area contributed by atoms with Crippen molar-refractivity contribution in [3.05, 3.63) is 5.15 Å². The van der Waals surface area contributed by atoms with Crippen LogP contribution in [0.4, 0.5) is 17.5 Å². The molecule has 76 valence electrons. The van der Waals surface area contributed by atoms with Crippen molar-refractivity contribution in [1.82, 2.24) is 9.97 Å². The highest BCUT2D eigenvalue weighted by Gasteiger charge is 2.07. The summed E-state index contributed by atoms with van der Waals surface area (Å²) in [7, 11) is 0. The van der Waals surface area contributed by atoms with E-state index in [1.54, 1.807) is 6.26 Å². The van der Waals surface area contributed by atoms with E-state index in [0.29, 0.717) is 5.17 Å². The van der Waals surface area contributed by atoms with Gasteiger partial charge in [0.25, 0.3) is 0 Å². The summed E-state index contributed by atoms with van der Waals surface area (Å²) in [6.45, 7) is 0. The average molecular weight is 233 g/mol. The molecule has 1 rings (SSSR count). The lowest BCUT2D eigenvalue weighted by Gasteiger charge is -2.02. The summed E-state index contributed by atoms with van der Waals surface area (Å²) in [5, 5.41) is 0.388. The van der Waals surface area contributed by atoms with Crippen LogP contribution in [0.25, 0.3) is 0 Å². The van der Waals surface area contributed by atoms with Gasteiger partial charge in [-0.05, 0) is 6.26 Å². The van der Waals surface area contributed by atoms with Crippen molar-refractivity contribution in [2.75, 3.05) is 17.7 Å². The van der Waals surface area contributed by atoms with Crippen LogP contribution in [-0.4, -0.2) is 21.4 Å². The highest BCUT2D eigenvalue weighted by molar-refractivity contribution is 8.13. The maximum absolute atomic E-state index is 5.64. The standard InChI is InChI=1S/C6H9ClN6S/c1-14-6(10)13-5-4(9)12-3(8)2(7)11-5/h1H3,(H4,8,9,12)(H2,10,11,13). The lowest BCUT2D eigenvalue weighted by atomic mass is 10.6. The zero-order valence-corrected chi connectivity index (χ0v) is 8.93. The Morgan fingerprint density at radius 2 is 2.00 bits per heavy atom. The van der Waals surface area contributed by atoms with Gasteiger partial charge in [0.2, 0.25) is 0 Å². The fourth-order valence-corrected chi connectivity index (χ4v) is 0.966. The van der Waals surface area contributed by atoms with Crippen molar-refractivity contribution >= 4 is 46.0 Å². The topological polar surface area (TPSA) is 116 Å². The average Bonchev–Trinajstić information content (AvgIpc) is 2.14. The van der Waals surface area contributed by atoms with Crippen molar-refractivity contribution in [3.63, 3.8) is 0 Å². The molecule has 6 nitrogen and oxygen atoms in total. The lowest BCUT2D eigenvalue weighted by Crippen LogP contribution is -2.06. The monoisotopic (exact) mass is 232 g/mol. The number of aliphatic imine (C=N–C) groups is 1. The van der Waals surface area contributed by atoms with Gasteiger partial charge in [0.15, 0.2) is 27.8 Å². The van der Waals surface area contributed by atoms with Gasteiger partial charge in [0.05, 0.1) is 0 Å². The van der Waals surface area contributed by atoms with Gasteiger partial charge in [0, 0.05) is 0 Å². The molecule has 0 atom stereocenters. The van der Waals surface area contributed by atoms with Crippen LogP contribution < -0.4 is 17.2 Å². The second-order valence-corrected chi connectivity index (χ2v) is 3.45. The fraction of sp³-hybridized carbons (Fsp3) is 0.167. The number of rotatable bonds is 1. The van der Waals surface area contributed by atoms with Crippen LogP contribution in [0, 0.1) is 0 Å². The van der Waals surface area contributed by atoms with Crippen LogP contribution in [0.15, 0.2) is 4.99 Å². The van der Waals surface area contributed by atoms with E-state index in [2.05, 4.69) is 15.0 Å². The quantitative estimate of drug-likeness (QED) is 0.482. The Kier molecular flexibility index (Phi) is 3.37. The molecular formula is C6H9ClN6S. The summed E-state index contributed by atoms with van der Waals surface area (Å²) >= 11 is 6.91. The van der Waals surface area contributed by atoms with E-state index in [9.17, 15) is 0 Å². The molecule has 0 saturated heterocycles. The third-order valence-electron chi connectivity index (χ3n) is 1.31. The number of hydrogen-bond donors (Lipinski definition) is 3. The van der Waals surface area contributed by atoms with Gasteiger partial charge < -0.3 is 17.2 Å². The fourth-order valence-electron chi connectivity index (χ4n) is 0.666. The molecule has 1 aromatic rings. The molecule has 0 bridgehead atoms. The number of halogens is 1. The van der Waals surface area contributed by atoms with Crippen LogP contribution in [0.5, 0.6) is 0 Å². The van der Waals surface area contributed by atoms with E-state index in [1.807, 2.05) is 0 Å². The first-order valence-electron chi connectivity index (χ1n) is 3.51. The number of anilines is 2. The molecule has 1 heterocycles. The van der Waals surface area contributed by atoms with Crippen molar-refractivity contribution in [2.45, 2.75) is 0 Å². The Morgan fingerprint density at radius 1 is 1.36 bits per heavy atom. The molecule has 0 amide bonds. The smallest absolute Gasteiger partial charge is 0.199 e. The van der Waals surface area contributed by atoms with Crippen molar-refractivity contribution in [1.29, 1.82) is 0 Å². The SMILES string of the molecule is CSC(N)=Nc1nc(Cl)c(N)nc1N. The third-order valence-corrected chi connectivity index (χ3v) is 2.10. The van der Waals surface area contributed by atoms with E-state index in [4.69, 9.17) is 28.8 Å². The molecule has 0 radical (unpaired) electrons. The molecule has 14 heavy (non-hydrogen) atoms. The van der Waals surface area contributed by atoms with Gasteiger partial charge >= 0.3 is 0 Å². The molecule has 0 aromatic carbocycles. The number of nitrogen functional groups attached to an aromatic ring is 2. The Balaban J connectivity index is 3.16. The normalized spacial score (nSPS) is 11.7. The Labute approximate surface area is 89.9 Å². The van der Waals surface area contributed by atoms with E-state index < -0.39 is 0 Å². The van der Waals surface area contributed by atoms with E-state index >= 15 is 0 Å². The lowest BCUT2D eigenvalue weighted by molar-refractivity contribution is 1.19. The first kappa shape index (κ1) is 10.9. The zero-order valence-electron chi connectivity index (χ0n) is 7.36. The maximum Gasteiger partial charge on any atom is 0.199 e. The number of amidine groups is 1. The highest BCUT2D eigenvalue weighted by atomic mass is 35.5. The molecule has 0 spiro atoms.